The average Bonchev–Trinajstić information content (AvgIpc) is 2.77. The Hall–Kier alpha value is -0.940. The van der Waals surface area contributed by atoms with Crippen molar-refractivity contribution in [2.24, 2.45) is 5.92 Å². The molecule has 3 nitrogen and oxygen atoms in total. The Morgan fingerprint density at radius 2 is 2.10 bits per heavy atom. The van der Waals surface area contributed by atoms with Crippen molar-refractivity contribution in [1.29, 1.82) is 0 Å². The highest BCUT2D eigenvalue weighted by Gasteiger charge is 2.44. The zero-order chi connectivity index (χ0) is 15.0. The number of hydrogen-bond donors (Lipinski definition) is 1. The van der Waals surface area contributed by atoms with Crippen LogP contribution in [0.15, 0.2) is 22.7 Å². The summed E-state index contributed by atoms with van der Waals surface area (Å²) in [5, 5.41) is 9.49. The van der Waals surface area contributed by atoms with E-state index in [0.717, 1.165) is 31.2 Å². The molecule has 0 amide bonds. The number of benzene rings is 1. The largest absolute Gasteiger partial charge is 0.480 e. The normalized spacial score (nSPS) is 29.3. The zero-order valence-electron chi connectivity index (χ0n) is 11.8. The minimum absolute atomic E-state index is 0.286. The monoisotopic (exact) mass is 355 g/mol. The highest BCUT2D eigenvalue weighted by atomic mass is 79.9. The second kappa shape index (κ2) is 6.05. The van der Waals surface area contributed by atoms with Gasteiger partial charge in [0.15, 0.2) is 0 Å². The maximum Gasteiger partial charge on any atom is 0.320 e. The molecule has 1 aliphatic carbocycles. The summed E-state index contributed by atoms with van der Waals surface area (Å²) < 4.78 is 14.2. The lowest BCUT2D eigenvalue weighted by Gasteiger charge is -2.33. The van der Waals surface area contributed by atoms with Crippen LogP contribution in [0.2, 0.25) is 0 Å². The number of fused-ring (bicyclic) bond motifs is 1. The fourth-order valence-electron chi connectivity index (χ4n) is 3.94. The molecule has 1 N–H and O–H groups in total. The Balaban J connectivity index is 1.84. The smallest absolute Gasteiger partial charge is 0.320 e. The lowest BCUT2D eigenvalue weighted by atomic mass is 9.84. The van der Waals surface area contributed by atoms with Crippen LogP contribution in [-0.4, -0.2) is 28.1 Å². The Bertz CT molecular complexity index is 531. The zero-order valence-corrected chi connectivity index (χ0v) is 13.4. The van der Waals surface area contributed by atoms with Crippen molar-refractivity contribution < 1.29 is 14.3 Å². The molecule has 3 rings (SSSR count). The van der Waals surface area contributed by atoms with Crippen LogP contribution in [0.1, 0.15) is 37.7 Å². The molecule has 0 aromatic heterocycles. The lowest BCUT2D eigenvalue weighted by molar-refractivity contribution is -0.142. The van der Waals surface area contributed by atoms with Crippen molar-refractivity contribution in [3.8, 4) is 0 Å². The molecule has 1 heterocycles. The first kappa shape index (κ1) is 15.0. The van der Waals surface area contributed by atoms with Crippen LogP contribution >= 0.6 is 15.9 Å². The van der Waals surface area contributed by atoms with Crippen LogP contribution in [0.5, 0.6) is 0 Å². The van der Waals surface area contributed by atoms with Crippen LogP contribution in [0.4, 0.5) is 4.39 Å². The van der Waals surface area contributed by atoms with E-state index in [2.05, 4.69) is 20.8 Å². The molecule has 0 spiro atoms. The van der Waals surface area contributed by atoms with E-state index in [9.17, 15) is 14.3 Å². The Morgan fingerprint density at radius 3 is 2.81 bits per heavy atom. The third-order valence-electron chi connectivity index (χ3n) is 4.79. The first-order chi connectivity index (χ1) is 10.0. The van der Waals surface area contributed by atoms with Crippen molar-refractivity contribution in [3.05, 3.63) is 34.1 Å². The van der Waals surface area contributed by atoms with Gasteiger partial charge in [-0.05, 0) is 48.9 Å². The van der Waals surface area contributed by atoms with Gasteiger partial charge in [-0.2, -0.15) is 0 Å². The first-order valence-electron chi connectivity index (χ1n) is 7.48. The maximum absolute atomic E-state index is 13.5. The average molecular weight is 356 g/mol. The maximum atomic E-state index is 13.5. The van der Waals surface area contributed by atoms with Crippen LogP contribution in [-0.2, 0) is 11.3 Å². The fraction of sp³-hybridized carbons (Fsp3) is 0.562. The van der Waals surface area contributed by atoms with Gasteiger partial charge in [0.05, 0.1) is 0 Å². The number of likely N-dealkylation sites (tertiary alicyclic amines) is 1. The molecule has 0 bridgehead atoms. The molecule has 3 atom stereocenters. The molecule has 1 aliphatic heterocycles. The van der Waals surface area contributed by atoms with Crippen molar-refractivity contribution in [2.75, 3.05) is 0 Å². The fourth-order valence-corrected chi connectivity index (χ4v) is 4.45. The van der Waals surface area contributed by atoms with E-state index in [1.54, 1.807) is 0 Å². The molecule has 0 radical (unpaired) electrons. The standard InChI is InChI=1S/C16H19BrFNO2/c17-12-5-10(6-13(18)8-12)9-19-14-4-2-1-3-11(14)7-15(19)16(20)21/h5-6,8,11,14-15H,1-4,7,9H2,(H,20,21)/t11-,14+,15+/m1/s1. The molecule has 1 aromatic carbocycles. The van der Waals surface area contributed by atoms with Crippen LogP contribution in [0.25, 0.3) is 0 Å². The number of rotatable bonds is 3. The van der Waals surface area contributed by atoms with Crippen molar-refractivity contribution in [1.82, 2.24) is 4.90 Å². The molecular weight excluding hydrogens is 337 g/mol. The molecule has 1 saturated heterocycles. The number of carbonyl (C=O) groups is 1. The van der Waals surface area contributed by atoms with Gasteiger partial charge in [0.1, 0.15) is 11.9 Å². The van der Waals surface area contributed by atoms with E-state index >= 15 is 0 Å². The summed E-state index contributed by atoms with van der Waals surface area (Å²) >= 11 is 3.30. The molecule has 21 heavy (non-hydrogen) atoms. The summed E-state index contributed by atoms with van der Waals surface area (Å²) in [6, 6.07) is 4.70. The second-order valence-electron chi connectivity index (χ2n) is 6.15. The number of aliphatic carboxylic acids is 1. The Kier molecular flexibility index (Phi) is 4.31. The second-order valence-corrected chi connectivity index (χ2v) is 7.07. The summed E-state index contributed by atoms with van der Waals surface area (Å²) in [5.41, 5.74) is 0.833. The molecule has 5 heteroatoms. The van der Waals surface area contributed by atoms with E-state index in [4.69, 9.17) is 0 Å². The topological polar surface area (TPSA) is 40.5 Å². The number of hydrogen-bond acceptors (Lipinski definition) is 2. The summed E-state index contributed by atoms with van der Waals surface area (Å²) in [6.45, 7) is 0.508. The van der Waals surface area contributed by atoms with Crippen molar-refractivity contribution in [2.45, 2.75) is 50.7 Å². The van der Waals surface area contributed by atoms with Gasteiger partial charge in [0.2, 0.25) is 0 Å². The van der Waals surface area contributed by atoms with Gasteiger partial charge in [0.25, 0.3) is 0 Å². The number of carboxylic acids is 1. The summed E-state index contributed by atoms with van der Waals surface area (Å²) in [7, 11) is 0. The minimum Gasteiger partial charge on any atom is -0.480 e. The summed E-state index contributed by atoms with van der Waals surface area (Å²) in [5.74, 6) is -0.553. The quantitative estimate of drug-likeness (QED) is 0.896. The third-order valence-corrected chi connectivity index (χ3v) is 5.25. The van der Waals surface area contributed by atoms with Crippen molar-refractivity contribution >= 4 is 21.9 Å². The highest BCUT2D eigenvalue weighted by Crippen LogP contribution is 2.40. The van der Waals surface area contributed by atoms with E-state index in [1.165, 1.54) is 18.6 Å². The van der Waals surface area contributed by atoms with Crippen molar-refractivity contribution in [3.63, 3.8) is 0 Å². The van der Waals surface area contributed by atoms with E-state index in [-0.39, 0.29) is 5.82 Å². The third kappa shape index (κ3) is 3.14. The van der Waals surface area contributed by atoms with E-state index in [0.29, 0.717) is 23.0 Å². The van der Waals surface area contributed by atoms with E-state index in [1.807, 2.05) is 6.07 Å². The predicted molar refractivity (Wildman–Crippen MR) is 81.4 cm³/mol. The predicted octanol–water partition coefficient (Wildman–Crippen LogP) is 3.81. The van der Waals surface area contributed by atoms with Crippen LogP contribution in [0, 0.1) is 11.7 Å². The molecule has 114 valence electrons. The first-order valence-corrected chi connectivity index (χ1v) is 8.27. The van der Waals surface area contributed by atoms with Gasteiger partial charge in [-0.3, -0.25) is 9.69 Å². The molecule has 0 unspecified atom stereocenters. The van der Waals surface area contributed by atoms with Gasteiger partial charge in [-0.1, -0.05) is 28.8 Å². The summed E-state index contributed by atoms with van der Waals surface area (Å²) in [4.78, 5) is 13.6. The molecule has 2 fully saturated rings. The van der Waals surface area contributed by atoms with Gasteiger partial charge < -0.3 is 5.11 Å². The van der Waals surface area contributed by atoms with E-state index < -0.39 is 12.0 Å². The molecule has 1 saturated carbocycles. The number of nitrogens with zero attached hydrogens (tertiary/aromatic N) is 1. The SMILES string of the molecule is O=C(O)[C@@H]1C[C@H]2CCCC[C@@H]2N1Cc1cc(F)cc(Br)c1. The molecule has 2 aliphatic rings. The molecular formula is C16H19BrFNO2. The van der Waals surface area contributed by atoms with Gasteiger partial charge in [-0.15, -0.1) is 0 Å². The van der Waals surface area contributed by atoms with Crippen LogP contribution in [0.3, 0.4) is 0 Å². The summed E-state index contributed by atoms with van der Waals surface area (Å²) in [6.07, 6.45) is 5.28. The lowest BCUT2D eigenvalue weighted by Crippen LogP contribution is -2.41. The van der Waals surface area contributed by atoms with Crippen LogP contribution < -0.4 is 0 Å². The number of halogens is 2. The molecule has 1 aromatic rings. The van der Waals surface area contributed by atoms with Gasteiger partial charge >= 0.3 is 5.97 Å². The van der Waals surface area contributed by atoms with Gasteiger partial charge in [0, 0.05) is 17.1 Å². The number of carboxylic acid groups (broad SMARTS) is 1. The highest BCUT2D eigenvalue weighted by molar-refractivity contribution is 9.10. The van der Waals surface area contributed by atoms with Gasteiger partial charge in [-0.25, -0.2) is 4.39 Å². The Labute approximate surface area is 132 Å². The Morgan fingerprint density at radius 1 is 1.33 bits per heavy atom. The minimum atomic E-state index is -0.750.